The van der Waals surface area contributed by atoms with Gasteiger partial charge in [0.05, 0.1) is 12.2 Å². The molecule has 0 aliphatic heterocycles. The van der Waals surface area contributed by atoms with E-state index < -0.39 is 17.7 Å². The van der Waals surface area contributed by atoms with E-state index in [2.05, 4.69) is 11.5 Å². The molecule has 0 spiro atoms. The maximum Gasteiger partial charge on any atom is 0.416 e. The van der Waals surface area contributed by atoms with Gasteiger partial charge >= 0.3 is 12.1 Å². The summed E-state index contributed by atoms with van der Waals surface area (Å²) in [5.74, 6) is 0.814. The van der Waals surface area contributed by atoms with Gasteiger partial charge in [-0.2, -0.15) is 13.2 Å². The summed E-state index contributed by atoms with van der Waals surface area (Å²) in [6.45, 7) is 3.81. The molecular formula is C29H25F3O3S2. The standard InChI is InChI=1S/C29H25F3O3S2/c1-3-34-28(33)17-35-26-13-12-22(16-19(26)2)36-15-14-23(20-8-10-21(11-9-20)29(30,31)32)25-18-37-27-7-5-4-6-24(25)27/h4-14,16,18H,3,15,17H2,1-2H3. The molecule has 0 N–H and O–H groups in total. The van der Waals surface area contributed by atoms with Crippen molar-refractivity contribution in [3.8, 4) is 5.75 Å². The summed E-state index contributed by atoms with van der Waals surface area (Å²) in [6, 6.07) is 19.1. The third-order valence-electron chi connectivity index (χ3n) is 5.63. The van der Waals surface area contributed by atoms with E-state index in [0.29, 0.717) is 18.1 Å². The van der Waals surface area contributed by atoms with Crippen LogP contribution in [0.4, 0.5) is 13.2 Å². The van der Waals surface area contributed by atoms with Gasteiger partial charge in [-0.1, -0.05) is 36.4 Å². The van der Waals surface area contributed by atoms with Crippen molar-refractivity contribution < 1.29 is 27.4 Å². The molecule has 4 rings (SSSR count). The molecule has 8 heteroatoms. The van der Waals surface area contributed by atoms with E-state index in [0.717, 1.165) is 49.4 Å². The number of thiophene rings is 1. The van der Waals surface area contributed by atoms with Gasteiger partial charge in [0.25, 0.3) is 0 Å². The SMILES string of the molecule is CCOC(=O)COc1ccc(SCC=C(c2ccc(C(F)(F)F)cc2)c2csc3ccccc23)cc1C. The van der Waals surface area contributed by atoms with Crippen molar-refractivity contribution in [1.29, 1.82) is 0 Å². The maximum absolute atomic E-state index is 13.1. The van der Waals surface area contributed by atoms with Crippen LogP contribution in [0.1, 0.15) is 29.2 Å². The Labute approximate surface area is 221 Å². The molecule has 0 radical (unpaired) electrons. The number of fused-ring (bicyclic) bond motifs is 1. The number of carbonyl (C=O) groups is 1. The fourth-order valence-electron chi connectivity index (χ4n) is 3.84. The number of alkyl halides is 3. The topological polar surface area (TPSA) is 35.5 Å². The Hall–Kier alpha value is -3.23. The number of rotatable bonds is 9. The summed E-state index contributed by atoms with van der Waals surface area (Å²) < 4.78 is 51.0. The van der Waals surface area contributed by atoms with E-state index in [4.69, 9.17) is 9.47 Å². The number of esters is 1. The minimum absolute atomic E-state index is 0.144. The number of thioether (sulfide) groups is 1. The fourth-order valence-corrected chi connectivity index (χ4v) is 5.67. The van der Waals surface area contributed by atoms with Gasteiger partial charge in [-0.3, -0.25) is 0 Å². The second-order valence-electron chi connectivity index (χ2n) is 8.17. The van der Waals surface area contributed by atoms with Crippen molar-refractivity contribution in [2.75, 3.05) is 19.0 Å². The Morgan fingerprint density at radius 3 is 2.51 bits per heavy atom. The Morgan fingerprint density at radius 2 is 1.81 bits per heavy atom. The molecule has 0 fully saturated rings. The van der Waals surface area contributed by atoms with Crippen LogP contribution in [-0.2, 0) is 15.7 Å². The molecule has 3 nitrogen and oxygen atoms in total. The normalized spacial score (nSPS) is 12.1. The summed E-state index contributed by atoms with van der Waals surface area (Å²) in [5.41, 5.74) is 2.85. The Balaban J connectivity index is 1.56. The number of aryl methyl sites for hydroxylation is 1. The van der Waals surface area contributed by atoms with Gasteiger partial charge in [-0.05, 0) is 72.3 Å². The van der Waals surface area contributed by atoms with Crippen LogP contribution in [-0.4, -0.2) is 24.9 Å². The van der Waals surface area contributed by atoms with Crippen molar-refractivity contribution in [2.45, 2.75) is 24.9 Å². The van der Waals surface area contributed by atoms with E-state index in [9.17, 15) is 18.0 Å². The molecule has 0 aliphatic rings. The molecule has 0 saturated heterocycles. The van der Waals surface area contributed by atoms with Crippen molar-refractivity contribution in [3.63, 3.8) is 0 Å². The van der Waals surface area contributed by atoms with Gasteiger partial charge in [-0.25, -0.2) is 4.79 Å². The fraction of sp³-hybridized carbons (Fsp3) is 0.207. The van der Waals surface area contributed by atoms with E-state index in [-0.39, 0.29) is 6.61 Å². The third-order valence-corrected chi connectivity index (χ3v) is 7.51. The van der Waals surface area contributed by atoms with Gasteiger partial charge in [0.2, 0.25) is 0 Å². The first-order valence-electron chi connectivity index (χ1n) is 11.6. The molecule has 1 aromatic heterocycles. The Bertz CT molecular complexity index is 1410. The van der Waals surface area contributed by atoms with Gasteiger partial charge in [-0.15, -0.1) is 23.1 Å². The number of hydrogen-bond donors (Lipinski definition) is 0. The van der Waals surface area contributed by atoms with Crippen LogP contribution >= 0.6 is 23.1 Å². The average Bonchev–Trinajstić information content (AvgIpc) is 3.30. The van der Waals surface area contributed by atoms with Crippen LogP contribution in [0.3, 0.4) is 0 Å². The van der Waals surface area contributed by atoms with Crippen LogP contribution in [0.2, 0.25) is 0 Å². The molecule has 4 aromatic rings. The molecule has 192 valence electrons. The predicted octanol–water partition coefficient (Wildman–Crippen LogP) is 8.39. The first kappa shape index (κ1) is 26.8. The largest absolute Gasteiger partial charge is 0.482 e. The molecule has 0 saturated carbocycles. The summed E-state index contributed by atoms with van der Waals surface area (Å²) in [7, 11) is 0. The Morgan fingerprint density at radius 1 is 1.05 bits per heavy atom. The smallest absolute Gasteiger partial charge is 0.416 e. The van der Waals surface area contributed by atoms with Crippen LogP contribution in [0.5, 0.6) is 5.75 Å². The monoisotopic (exact) mass is 542 g/mol. The summed E-state index contributed by atoms with van der Waals surface area (Å²) in [4.78, 5) is 12.6. The lowest BCUT2D eigenvalue weighted by atomic mass is 9.96. The molecule has 0 amide bonds. The van der Waals surface area contributed by atoms with Crippen LogP contribution in [0.25, 0.3) is 15.7 Å². The van der Waals surface area contributed by atoms with E-state index in [1.807, 2.05) is 49.4 Å². The quantitative estimate of drug-likeness (QED) is 0.157. The second kappa shape index (κ2) is 11.9. The second-order valence-corrected chi connectivity index (χ2v) is 10.2. The lowest BCUT2D eigenvalue weighted by Gasteiger charge is -2.12. The number of hydrogen-bond acceptors (Lipinski definition) is 5. The van der Waals surface area contributed by atoms with Crippen LogP contribution in [0, 0.1) is 6.92 Å². The van der Waals surface area contributed by atoms with Crippen molar-refractivity contribution in [2.24, 2.45) is 0 Å². The molecule has 0 bridgehead atoms. The summed E-state index contributed by atoms with van der Waals surface area (Å²) in [6.07, 6.45) is -2.32. The van der Waals surface area contributed by atoms with E-state index in [1.165, 1.54) is 12.1 Å². The van der Waals surface area contributed by atoms with Crippen molar-refractivity contribution >= 4 is 44.7 Å². The van der Waals surface area contributed by atoms with Crippen molar-refractivity contribution in [3.05, 3.63) is 100 Å². The molecule has 0 aliphatic carbocycles. The van der Waals surface area contributed by atoms with Gasteiger partial charge < -0.3 is 9.47 Å². The van der Waals surface area contributed by atoms with E-state index >= 15 is 0 Å². The van der Waals surface area contributed by atoms with Crippen molar-refractivity contribution in [1.82, 2.24) is 0 Å². The highest BCUT2D eigenvalue weighted by Gasteiger charge is 2.30. The minimum atomic E-state index is -4.38. The molecule has 0 atom stereocenters. The summed E-state index contributed by atoms with van der Waals surface area (Å²) in [5, 5.41) is 3.13. The highest BCUT2D eigenvalue weighted by Crippen LogP contribution is 2.37. The first-order valence-corrected chi connectivity index (χ1v) is 13.5. The van der Waals surface area contributed by atoms with E-state index in [1.54, 1.807) is 30.0 Å². The zero-order valence-corrected chi connectivity index (χ0v) is 21.9. The number of benzene rings is 3. The zero-order chi connectivity index (χ0) is 26.4. The molecule has 0 unspecified atom stereocenters. The highest BCUT2D eigenvalue weighted by atomic mass is 32.2. The number of halogens is 3. The van der Waals surface area contributed by atoms with Gasteiger partial charge in [0.1, 0.15) is 5.75 Å². The molecule has 1 heterocycles. The van der Waals surface area contributed by atoms with Crippen LogP contribution in [0.15, 0.2) is 83.1 Å². The molecular weight excluding hydrogens is 517 g/mol. The third kappa shape index (κ3) is 6.76. The minimum Gasteiger partial charge on any atom is -0.482 e. The predicted molar refractivity (Wildman–Crippen MR) is 144 cm³/mol. The first-order chi connectivity index (χ1) is 17.8. The Kier molecular flexibility index (Phi) is 8.61. The maximum atomic E-state index is 13.1. The lowest BCUT2D eigenvalue weighted by Crippen LogP contribution is -2.14. The lowest BCUT2D eigenvalue weighted by molar-refractivity contribution is -0.145. The molecule has 37 heavy (non-hydrogen) atoms. The average molecular weight is 543 g/mol. The van der Waals surface area contributed by atoms with Gasteiger partial charge in [0.15, 0.2) is 6.61 Å². The zero-order valence-electron chi connectivity index (χ0n) is 20.3. The number of carbonyl (C=O) groups excluding carboxylic acids is 1. The van der Waals surface area contributed by atoms with Crippen LogP contribution < -0.4 is 4.74 Å². The number of ether oxygens (including phenoxy) is 2. The molecule has 3 aromatic carbocycles. The van der Waals surface area contributed by atoms with Gasteiger partial charge in [0, 0.05) is 26.3 Å². The summed E-state index contributed by atoms with van der Waals surface area (Å²) >= 11 is 3.22. The highest BCUT2D eigenvalue weighted by molar-refractivity contribution is 7.99.